The molecule has 0 aromatic heterocycles. The molecule has 1 rings (SSSR count). The molecule has 0 aliphatic rings. The number of amides is 1. The van der Waals surface area contributed by atoms with E-state index in [1.165, 1.54) is 19.1 Å². The van der Waals surface area contributed by atoms with Crippen molar-refractivity contribution in [3.05, 3.63) is 30.3 Å². The molecule has 0 bridgehead atoms. The summed E-state index contributed by atoms with van der Waals surface area (Å²) in [6.45, 7) is 1.20. The maximum atomic E-state index is 11.9. The van der Waals surface area contributed by atoms with Crippen LogP contribution in [0.1, 0.15) is 6.92 Å². The van der Waals surface area contributed by atoms with E-state index in [1.807, 2.05) is 0 Å². The summed E-state index contributed by atoms with van der Waals surface area (Å²) >= 11 is -4.32. The van der Waals surface area contributed by atoms with Crippen LogP contribution < -0.4 is 8.58 Å². The van der Waals surface area contributed by atoms with Crippen LogP contribution in [0.2, 0.25) is 0 Å². The minimum atomic E-state index is -4.32. The summed E-state index contributed by atoms with van der Waals surface area (Å²) in [5, 5.41) is 8.54. The summed E-state index contributed by atoms with van der Waals surface area (Å²) in [4.78, 5) is 10.7. The third-order valence-corrected chi connectivity index (χ3v) is 5.33. The van der Waals surface area contributed by atoms with Gasteiger partial charge in [0.15, 0.2) is 0 Å². The van der Waals surface area contributed by atoms with Crippen LogP contribution in [-0.4, -0.2) is 25.2 Å². The van der Waals surface area contributed by atoms with Gasteiger partial charge < -0.3 is 0 Å². The Kier molecular flexibility index (Phi) is 3.52. The Bertz CT molecular complexity index is 365. The van der Waals surface area contributed by atoms with Crippen molar-refractivity contribution in [2.75, 3.05) is 0 Å². The summed E-state index contributed by atoms with van der Waals surface area (Å²) < 4.78 is 18.2. The third-order valence-electron chi connectivity index (χ3n) is 1.52. The number of rotatable bonds is 3. The van der Waals surface area contributed by atoms with Crippen LogP contribution in [0.3, 0.4) is 0 Å². The fraction of sp³-hybridized carbons (Fsp3) is 0.125. The van der Waals surface area contributed by atoms with E-state index < -0.39 is 20.0 Å². The Hall–Kier alpha value is -1.03. The van der Waals surface area contributed by atoms with Crippen LogP contribution >= 0.6 is 0 Å². The summed E-state index contributed by atoms with van der Waals surface area (Å²) in [6.07, 6.45) is 0. The molecule has 0 saturated carbocycles. The molecule has 0 radical (unpaired) electrons. The molecule has 6 heteroatoms. The van der Waals surface area contributed by atoms with E-state index in [-0.39, 0.29) is 0 Å². The van der Waals surface area contributed by atoms with Crippen molar-refractivity contribution in [2.45, 2.75) is 6.92 Å². The first-order valence-corrected chi connectivity index (χ1v) is 7.27. The van der Waals surface area contributed by atoms with Gasteiger partial charge in [0, 0.05) is 0 Å². The summed E-state index contributed by atoms with van der Waals surface area (Å²) in [5.74, 6) is -0.509. The fourth-order valence-electron chi connectivity index (χ4n) is 0.964. The summed E-state index contributed by atoms with van der Waals surface area (Å²) in [7, 11) is 0. The molecule has 1 unspecified atom stereocenters. The van der Waals surface area contributed by atoms with Gasteiger partial charge >= 0.3 is 83.5 Å². The molecule has 0 spiro atoms. The van der Waals surface area contributed by atoms with Crippen molar-refractivity contribution < 1.29 is 17.7 Å². The molecule has 14 heavy (non-hydrogen) atoms. The van der Waals surface area contributed by atoms with Gasteiger partial charge in [0.25, 0.3) is 0 Å². The number of nitrogens with one attached hydrogen (secondary N) is 1. The standard InChI is InChI=1S/C8H10AsNO4/c1-7(11)10-9(12,14-13)8-5-3-2-4-6-8/h2-6,13H,1H3,(H,10,11,12). The van der Waals surface area contributed by atoms with Crippen molar-refractivity contribution in [1.29, 1.82) is 0 Å². The second-order valence-corrected chi connectivity index (χ2v) is 6.85. The molecule has 0 aliphatic carbocycles. The molecule has 76 valence electrons. The normalized spacial score (nSPS) is 14.4. The average Bonchev–Trinajstić information content (AvgIpc) is 2.18. The predicted octanol–water partition coefficient (Wildman–Crippen LogP) is -0.111. The Morgan fingerprint density at radius 2 is 2.00 bits per heavy atom. The number of carbonyl (C=O) groups excluding carboxylic acids is 1. The van der Waals surface area contributed by atoms with Crippen molar-refractivity contribution >= 4 is 24.3 Å². The Labute approximate surface area is 83.9 Å². The summed E-state index contributed by atoms with van der Waals surface area (Å²) in [5.41, 5.74) is 0. The molecule has 1 aromatic carbocycles. The number of hydrogen-bond donors (Lipinski definition) is 2. The molecule has 2 N–H and O–H groups in total. The van der Waals surface area contributed by atoms with Crippen LogP contribution in [0, 0.1) is 0 Å². The Balaban J connectivity index is 3.02. The van der Waals surface area contributed by atoms with Crippen LogP contribution in [0.25, 0.3) is 0 Å². The first-order chi connectivity index (χ1) is 6.58. The summed E-state index contributed by atoms with van der Waals surface area (Å²) in [6, 6.07) is 8.06. The number of benzene rings is 1. The van der Waals surface area contributed by atoms with Crippen molar-refractivity contribution in [2.24, 2.45) is 0 Å². The van der Waals surface area contributed by atoms with Gasteiger partial charge in [-0.05, 0) is 0 Å². The first kappa shape index (κ1) is 11.0. The fourth-order valence-corrected chi connectivity index (χ4v) is 3.57. The van der Waals surface area contributed by atoms with Crippen LogP contribution in [-0.2, 0) is 12.4 Å². The second-order valence-electron chi connectivity index (χ2n) is 2.64. The van der Waals surface area contributed by atoms with Gasteiger partial charge in [0.2, 0.25) is 0 Å². The zero-order valence-electron chi connectivity index (χ0n) is 7.51. The van der Waals surface area contributed by atoms with Gasteiger partial charge in [-0.3, -0.25) is 0 Å². The van der Waals surface area contributed by atoms with Gasteiger partial charge in [-0.1, -0.05) is 0 Å². The van der Waals surface area contributed by atoms with Crippen LogP contribution in [0.4, 0.5) is 0 Å². The maximum absolute atomic E-state index is 11.9. The molecule has 0 aliphatic heterocycles. The molecule has 0 heterocycles. The molecule has 1 aromatic rings. The predicted molar refractivity (Wildman–Crippen MR) is 50.0 cm³/mol. The molecule has 1 atom stereocenters. The van der Waals surface area contributed by atoms with Gasteiger partial charge in [0.1, 0.15) is 0 Å². The van der Waals surface area contributed by atoms with Crippen LogP contribution in [0.5, 0.6) is 0 Å². The van der Waals surface area contributed by atoms with Crippen molar-refractivity contribution in [3.63, 3.8) is 0 Å². The van der Waals surface area contributed by atoms with Crippen molar-refractivity contribution in [3.8, 4) is 0 Å². The number of hydrogen-bond acceptors (Lipinski definition) is 4. The van der Waals surface area contributed by atoms with E-state index in [0.717, 1.165) is 0 Å². The third kappa shape index (κ3) is 2.48. The SMILES string of the molecule is CC(=O)N[As](=O)(OO)c1ccccc1. The van der Waals surface area contributed by atoms with E-state index >= 15 is 0 Å². The topological polar surface area (TPSA) is 75.6 Å². The molecule has 0 fully saturated rings. The zero-order valence-corrected chi connectivity index (χ0v) is 9.38. The first-order valence-electron chi connectivity index (χ1n) is 3.86. The monoisotopic (exact) mass is 259 g/mol. The van der Waals surface area contributed by atoms with Gasteiger partial charge in [0.05, 0.1) is 0 Å². The molecular weight excluding hydrogens is 249 g/mol. The minimum absolute atomic E-state index is 0.295. The van der Waals surface area contributed by atoms with E-state index in [2.05, 4.69) is 8.11 Å². The molecular formula is C8H10AsNO4. The number of carbonyl (C=O) groups is 1. The average molecular weight is 259 g/mol. The Morgan fingerprint density at radius 1 is 1.43 bits per heavy atom. The van der Waals surface area contributed by atoms with Crippen molar-refractivity contribution in [1.82, 2.24) is 4.23 Å². The zero-order chi connectivity index (χ0) is 10.6. The van der Waals surface area contributed by atoms with E-state index in [9.17, 15) is 8.53 Å². The Morgan fingerprint density at radius 3 is 2.43 bits per heavy atom. The van der Waals surface area contributed by atoms with Gasteiger partial charge in [-0.15, -0.1) is 0 Å². The molecule has 0 saturated heterocycles. The van der Waals surface area contributed by atoms with Gasteiger partial charge in [-0.25, -0.2) is 0 Å². The van der Waals surface area contributed by atoms with Gasteiger partial charge in [-0.2, -0.15) is 0 Å². The second kappa shape index (κ2) is 4.46. The van der Waals surface area contributed by atoms with E-state index in [1.54, 1.807) is 18.2 Å². The molecule has 5 nitrogen and oxygen atoms in total. The van der Waals surface area contributed by atoms with Crippen LogP contribution in [0.15, 0.2) is 30.3 Å². The quantitative estimate of drug-likeness (QED) is 0.451. The molecule has 1 amide bonds. The van der Waals surface area contributed by atoms with E-state index in [0.29, 0.717) is 4.35 Å². The van der Waals surface area contributed by atoms with E-state index in [4.69, 9.17) is 5.26 Å².